The van der Waals surface area contributed by atoms with Gasteiger partial charge >= 0.3 is 0 Å². The van der Waals surface area contributed by atoms with Gasteiger partial charge in [0.1, 0.15) is 0 Å². The van der Waals surface area contributed by atoms with Crippen molar-refractivity contribution in [1.82, 2.24) is 20.5 Å². The van der Waals surface area contributed by atoms with Crippen LogP contribution in [-0.2, 0) is 17.6 Å². The van der Waals surface area contributed by atoms with Gasteiger partial charge in [-0.3, -0.25) is 9.79 Å². The molecule has 7 heteroatoms. The van der Waals surface area contributed by atoms with Crippen molar-refractivity contribution in [2.75, 3.05) is 26.2 Å². The lowest BCUT2D eigenvalue weighted by Crippen LogP contribution is -2.45. The molecule has 2 N–H and O–H groups in total. The summed E-state index contributed by atoms with van der Waals surface area (Å²) >= 11 is 1.79. The lowest BCUT2D eigenvalue weighted by atomic mass is 10.1. The van der Waals surface area contributed by atoms with Crippen LogP contribution >= 0.6 is 11.3 Å². The van der Waals surface area contributed by atoms with Crippen LogP contribution in [0.3, 0.4) is 0 Å². The zero-order valence-electron chi connectivity index (χ0n) is 17.6. The fourth-order valence-electron chi connectivity index (χ4n) is 4.21. The number of aromatic nitrogens is 1. The first-order valence-corrected chi connectivity index (χ1v) is 11.7. The van der Waals surface area contributed by atoms with E-state index in [1.54, 1.807) is 11.3 Å². The molecule has 1 aromatic heterocycles. The van der Waals surface area contributed by atoms with Gasteiger partial charge in [-0.2, -0.15) is 0 Å². The molecule has 1 aromatic rings. The molecule has 1 aliphatic carbocycles. The molecule has 0 aromatic carbocycles. The summed E-state index contributed by atoms with van der Waals surface area (Å²) in [5, 5.41) is 8.05. The molecule has 1 unspecified atom stereocenters. The summed E-state index contributed by atoms with van der Waals surface area (Å²) in [6.07, 6.45) is 7.44. The lowest BCUT2D eigenvalue weighted by Gasteiger charge is -2.21. The van der Waals surface area contributed by atoms with Crippen LogP contribution < -0.4 is 10.6 Å². The van der Waals surface area contributed by atoms with Crippen LogP contribution in [-0.4, -0.2) is 54.0 Å². The first-order chi connectivity index (χ1) is 13.6. The topological polar surface area (TPSA) is 69.6 Å². The Morgan fingerprint density at radius 2 is 2.07 bits per heavy atom. The number of carbonyl (C=O) groups excluding carboxylic acids is 1. The summed E-state index contributed by atoms with van der Waals surface area (Å²) in [7, 11) is 0. The molecule has 3 rings (SSSR count). The van der Waals surface area contributed by atoms with Gasteiger partial charge in [0.25, 0.3) is 0 Å². The number of likely N-dealkylation sites (tertiary alicyclic amines) is 1. The molecule has 2 heterocycles. The number of guanidine groups is 1. The second kappa shape index (κ2) is 10.2. The van der Waals surface area contributed by atoms with E-state index in [9.17, 15) is 4.79 Å². The maximum atomic E-state index is 12.6. The fourth-order valence-corrected chi connectivity index (χ4v) is 5.22. The van der Waals surface area contributed by atoms with Crippen molar-refractivity contribution in [3.63, 3.8) is 0 Å². The predicted molar refractivity (Wildman–Crippen MR) is 116 cm³/mol. The van der Waals surface area contributed by atoms with Gasteiger partial charge in [0.05, 0.1) is 10.7 Å². The Hall–Kier alpha value is -1.63. The highest BCUT2D eigenvalue weighted by atomic mass is 32.1. The summed E-state index contributed by atoms with van der Waals surface area (Å²) in [5.41, 5.74) is 1.21. The highest BCUT2D eigenvalue weighted by Crippen LogP contribution is 2.27. The summed E-state index contributed by atoms with van der Waals surface area (Å²) < 4.78 is 0. The number of nitrogens with zero attached hydrogens (tertiary/aromatic N) is 3. The Kier molecular flexibility index (Phi) is 7.71. The highest BCUT2D eigenvalue weighted by molar-refractivity contribution is 7.11. The monoisotopic (exact) mass is 405 g/mol. The maximum absolute atomic E-state index is 12.6. The second-order valence-corrected chi connectivity index (χ2v) is 9.16. The summed E-state index contributed by atoms with van der Waals surface area (Å²) in [6.45, 7) is 9.60. The maximum Gasteiger partial charge on any atom is 0.225 e. The smallest absolute Gasteiger partial charge is 0.225 e. The fraction of sp³-hybridized carbons (Fsp3) is 0.762. The molecule has 156 valence electrons. The molecular formula is C21H35N5OS. The van der Waals surface area contributed by atoms with Gasteiger partial charge in [0.2, 0.25) is 5.91 Å². The Morgan fingerprint density at radius 1 is 1.29 bits per heavy atom. The molecule has 0 radical (unpaired) electrons. The molecule has 1 aliphatic heterocycles. The molecule has 2 aliphatic rings. The van der Waals surface area contributed by atoms with E-state index < -0.39 is 0 Å². The van der Waals surface area contributed by atoms with E-state index in [1.165, 1.54) is 28.4 Å². The van der Waals surface area contributed by atoms with E-state index in [0.29, 0.717) is 5.91 Å². The third kappa shape index (κ3) is 5.46. The minimum atomic E-state index is 0.274. The largest absolute Gasteiger partial charge is 0.357 e. The molecule has 1 amide bonds. The third-order valence-corrected chi connectivity index (χ3v) is 6.83. The Labute approximate surface area is 173 Å². The number of hydrogen-bond donors (Lipinski definition) is 2. The molecule has 2 fully saturated rings. The minimum absolute atomic E-state index is 0.274. The number of thiazole rings is 1. The van der Waals surface area contributed by atoms with Crippen molar-refractivity contribution >= 4 is 23.2 Å². The van der Waals surface area contributed by atoms with Crippen LogP contribution in [0, 0.1) is 12.8 Å². The number of rotatable bonds is 7. The minimum Gasteiger partial charge on any atom is -0.357 e. The number of nitrogens with one attached hydrogen (secondary N) is 2. The standard InChI is InChI=1S/C21H35N5OS/c1-4-18-15(3)28-19(25-18)10-12-23-21(22-5-2)24-17-11-13-26(14-17)20(27)16-8-6-7-9-16/h16-17H,4-14H2,1-3H3,(H2,22,23,24). The lowest BCUT2D eigenvalue weighted by molar-refractivity contribution is -0.134. The summed E-state index contributed by atoms with van der Waals surface area (Å²) in [5.74, 6) is 1.50. The second-order valence-electron chi connectivity index (χ2n) is 7.87. The average Bonchev–Trinajstić information content (AvgIpc) is 3.42. The summed E-state index contributed by atoms with van der Waals surface area (Å²) in [6, 6.07) is 0.289. The van der Waals surface area contributed by atoms with E-state index in [4.69, 9.17) is 9.98 Å². The number of hydrogen-bond acceptors (Lipinski definition) is 4. The van der Waals surface area contributed by atoms with E-state index in [-0.39, 0.29) is 12.0 Å². The van der Waals surface area contributed by atoms with Gasteiger partial charge in [-0.1, -0.05) is 19.8 Å². The zero-order valence-corrected chi connectivity index (χ0v) is 18.4. The normalized spacial score (nSPS) is 20.8. The van der Waals surface area contributed by atoms with Gasteiger partial charge in [-0.05, 0) is 39.5 Å². The SMILES string of the molecule is CCNC(=NCCc1nc(CC)c(C)s1)NC1CCN(C(=O)C2CCCC2)C1. The van der Waals surface area contributed by atoms with Crippen LogP contribution in [0.1, 0.15) is 61.5 Å². The van der Waals surface area contributed by atoms with Gasteiger partial charge in [-0.25, -0.2) is 4.98 Å². The van der Waals surface area contributed by atoms with Crippen molar-refractivity contribution in [3.8, 4) is 0 Å². The van der Waals surface area contributed by atoms with Crippen molar-refractivity contribution < 1.29 is 4.79 Å². The Bertz CT molecular complexity index is 680. The first-order valence-electron chi connectivity index (χ1n) is 10.9. The van der Waals surface area contributed by atoms with Crippen molar-refractivity contribution in [2.45, 2.75) is 71.8 Å². The zero-order chi connectivity index (χ0) is 19.9. The molecular weight excluding hydrogens is 370 g/mol. The van der Waals surface area contributed by atoms with Gasteiger partial charge in [-0.15, -0.1) is 11.3 Å². The first kappa shape index (κ1) is 21.1. The van der Waals surface area contributed by atoms with Crippen LogP contribution in [0.5, 0.6) is 0 Å². The molecule has 0 spiro atoms. The third-order valence-electron chi connectivity index (χ3n) is 5.76. The van der Waals surface area contributed by atoms with Gasteiger partial charge < -0.3 is 15.5 Å². The van der Waals surface area contributed by atoms with E-state index in [1.807, 2.05) is 0 Å². The molecule has 28 heavy (non-hydrogen) atoms. The number of aryl methyl sites for hydroxylation is 2. The molecule has 0 bridgehead atoms. The van der Waals surface area contributed by atoms with Crippen LogP contribution in [0.2, 0.25) is 0 Å². The Balaban J connectivity index is 1.49. The van der Waals surface area contributed by atoms with Crippen molar-refractivity contribution in [2.24, 2.45) is 10.9 Å². The van der Waals surface area contributed by atoms with E-state index in [2.05, 4.69) is 36.3 Å². The quantitative estimate of drug-likeness (QED) is 0.541. The van der Waals surface area contributed by atoms with Crippen molar-refractivity contribution in [1.29, 1.82) is 0 Å². The molecule has 6 nitrogen and oxygen atoms in total. The van der Waals surface area contributed by atoms with Crippen LogP contribution in [0.15, 0.2) is 4.99 Å². The highest BCUT2D eigenvalue weighted by Gasteiger charge is 2.32. The van der Waals surface area contributed by atoms with Crippen LogP contribution in [0.25, 0.3) is 0 Å². The van der Waals surface area contributed by atoms with Gasteiger partial charge in [0, 0.05) is 49.4 Å². The molecule has 1 saturated carbocycles. The van der Waals surface area contributed by atoms with Crippen molar-refractivity contribution in [3.05, 3.63) is 15.6 Å². The molecule has 1 saturated heterocycles. The number of carbonyl (C=O) groups is 1. The van der Waals surface area contributed by atoms with E-state index in [0.717, 1.165) is 64.2 Å². The van der Waals surface area contributed by atoms with Gasteiger partial charge in [0.15, 0.2) is 5.96 Å². The van der Waals surface area contributed by atoms with Crippen LogP contribution in [0.4, 0.5) is 0 Å². The summed E-state index contributed by atoms with van der Waals surface area (Å²) in [4.78, 5) is 25.5. The number of aliphatic imine (C=N–C) groups is 1. The number of amides is 1. The predicted octanol–water partition coefficient (Wildman–Crippen LogP) is 2.90. The molecule has 1 atom stereocenters. The van der Waals surface area contributed by atoms with E-state index >= 15 is 0 Å². The Morgan fingerprint density at radius 3 is 2.75 bits per heavy atom. The average molecular weight is 406 g/mol.